The Balaban J connectivity index is 2.03. The molecule has 0 radical (unpaired) electrons. The van der Waals surface area contributed by atoms with E-state index in [0.29, 0.717) is 5.75 Å². The van der Waals surface area contributed by atoms with Crippen LogP contribution >= 0.6 is 0 Å². The van der Waals surface area contributed by atoms with Crippen molar-refractivity contribution in [2.75, 3.05) is 0 Å². The Morgan fingerprint density at radius 2 is 1.78 bits per heavy atom. The molecule has 0 spiro atoms. The average molecular weight is 238 g/mol. The van der Waals surface area contributed by atoms with Gasteiger partial charge in [0.15, 0.2) is 5.76 Å². The van der Waals surface area contributed by atoms with E-state index in [1.165, 1.54) is 6.07 Å². The lowest BCUT2D eigenvalue weighted by molar-refractivity contribution is 0.101. The van der Waals surface area contributed by atoms with Crippen molar-refractivity contribution in [3.8, 4) is 11.5 Å². The van der Waals surface area contributed by atoms with Crippen LogP contribution < -0.4 is 4.74 Å². The fourth-order valence-corrected chi connectivity index (χ4v) is 1.92. The molecule has 0 saturated heterocycles. The minimum absolute atomic E-state index is 0.0473. The number of ketones is 1. The molecule has 0 saturated carbocycles. The third-order valence-electron chi connectivity index (χ3n) is 2.77. The molecule has 0 unspecified atom stereocenters. The van der Waals surface area contributed by atoms with E-state index in [9.17, 15) is 9.90 Å². The lowest BCUT2D eigenvalue weighted by atomic mass is 10.1. The molecule has 0 aromatic heterocycles. The van der Waals surface area contributed by atoms with Crippen molar-refractivity contribution in [3.05, 3.63) is 65.4 Å². The summed E-state index contributed by atoms with van der Waals surface area (Å²) >= 11 is 0. The summed E-state index contributed by atoms with van der Waals surface area (Å²) in [5.41, 5.74) is 1.12. The summed E-state index contributed by atoms with van der Waals surface area (Å²) < 4.78 is 5.46. The van der Waals surface area contributed by atoms with E-state index in [-0.39, 0.29) is 22.9 Å². The number of ether oxygens (including phenoxy) is 1. The van der Waals surface area contributed by atoms with Gasteiger partial charge in [-0.25, -0.2) is 0 Å². The second-order valence-corrected chi connectivity index (χ2v) is 4.00. The zero-order valence-electron chi connectivity index (χ0n) is 9.46. The van der Waals surface area contributed by atoms with Gasteiger partial charge in [0.2, 0.25) is 5.78 Å². The third-order valence-corrected chi connectivity index (χ3v) is 2.77. The highest BCUT2D eigenvalue weighted by Gasteiger charge is 2.29. The number of allylic oxidation sites excluding steroid dienone is 1. The van der Waals surface area contributed by atoms with Crippen LogP contribution in [0.5, 0.6) is 11.5 Å². The summed E-state index contributed by atoms with van der Waals surface area (Å²) in [6, 6.07) is 14.2. The van der Waals surface area contributed by atoms with Crippen LogP contribution in [-0.4, -0.2) is 10.9 Å². The van der Waals surface area contributed by atoms with Crippen molar-refractivity contribution in [3.63, 3.8) is 0 Å². The molecule has 0 aliphatic carbocycles. The van der Waals surface area contributed by atoms with Gasteiger partial charge in [0, 0.05) is 0 Å². The Kier molecular flexibility index (Phi) is 2.38. The maximum atomic E-state index is 12.1. The van der Waals surface area contributed by atoms with Crippen molar-refractivity contribution in [1.82, 2.24) is 0 Å². The number of fused-ring (bicyclic) bond motifs is 1. The van der Waals surface area contributed by atoms with Gasteiger partial charge in [-0.1, -0.05) is 36.4 Å². The molecule has 3 heteroatoms. The predicted octanol–water partition coefficient (Wildman–Crippen LogP) is 3.01. The van der Waals surface area contributed by atoms with Crippen LogP contribution in [0.25, 0.3) is 6.08 Å². The second-order valence-electron chi connectivity index (χ2n) is 4.00. The molecule has 0 amide bonds. The Labute approximate surface area is 104 Å². The highest BCUT2D eigenvalue weighted by molar-refractivity contribution is 6.16. The minimum Gasteiger partial charge on any atom is -0.507 e. The molecule has 1 heterocycles. The van der Waals surface area contributed by atoms with Crippen LogP contribution in [0.2, 0.25) is 0 Å². The number of hydrogen-bond donors (Lipinski definition) is 1. The number of carbonyl (C=O) groups excluding carboxylic acids is 1. The van der Waals surface area contributed by atoms with Crippen LogP contribution in [-0.2, 0) is 0 Å². The van der Waals surface area contributed by atoms with E-state index in [2.05, 4.69) is 0 Å². The van der Waals surface area contributed by atoms with Crippen LogP contribution in [0.4, 0.5) is 0 Å². The van der Waals surface area contributed by atoms with Gasteiger partial charge in [0.05, 0.1) is 0 Å². The maximum Gasteiger partial charge on any atom is 0.235 e. The molecule has 1 N–H and O–H groups in total. The summed E-state index contributed by atoms with van der Waals surface area (Å²) in [5, 5.41) is 9.66. The van der Waals surface area contributed by atoms with Crippen LogP contribution in [0.15, 0.2) is 54.3 Å². The number of hydrogen-bond acceptors (Lipinski definition) is 3. The topological polar surface area (TPSA) is 46.5 Å². The molecule has 1 aliphatic rings. The standard InChI is InChI=1S/C15H10O3/c16-11-7-4-8-12-14(11)15(17)13(18-12)9-10-5-2-1-3-6-10/h1-9,16H/b13-9+. The number of aromatic hydroxyl groups is 1. The first-order chi connectivity index (χ1) is 8.75. The largest absolute Gasteiger partial charge is 0.507 e. The maximum absolute atomic E-state index is 12.1. The highest BCUT2D eigenvalue weighted by atomic mass is 16.5. The first-order valence-electron chi connectivity index (χ1n) is 5.57. The number of benzene rings is 2. The van der Waals surface area contributed by atoms with Crippen LogP contribution in [0, 0.1) is 0 Å². The molecule has 88 valence electrons. The zero-order valence-corrected chi connectivity index (χ0v) is 9.46. The van der Waals surface area contributed by atoms with E-state index < -0.39 is 0 Å². The van der Waals surface area contributed by atoms with Gasteiger partial charge in [0.1, 0.15) is 17.1 Å². The lowest BCUT2D eigenvalue weighted by Crippen LogP contribution is -1.98. The van der Waals surface area contributed by atoms with Gasteiger partial charge in [-0.2, -0.15) is 0 Å². The predicted molar refractivity (Wildman–Crippen MR) is 67.5 cm³/mol. The zero-order chi connectivity index (χ0) is 12.5. The van der Waals surface area contributed by atoms with Crippen LogP contribution in [0.1, 0.15) is 15.9 Å². The van der Waals surface area contributed by atoms with Gasteiger partial charge in [-0.3, -0.25) is 4.79 Å². The molecule has 2 aromatic rings. The molecule has 0 bridgehead atoms. The van der Waals surface area contributed by atoms with Crippen LogP contribution in [0.3, 0.4) is 0 Å². The van der Waals surface area contributed by atoms with Crippen molar-refractivity contribution >= 4 is 11.9 Å². The van der Waals surface area contributed by atoms with Crippen molar-refractivity contribution in [2.24, 2.45) is 0 Å². The van der Waals surface area contributed by atoms with Gasteiger partial charge in [-0.05, 0) is 23.8 Å². The molecular weight excluding hydrogens is 228 g/mol. The molecular formula is C15H10O3. The summed E-state index contributed by atoms with van der Waals surface area (Å²) in [4.78, 5) is 12.1. The summed E-state index contributed by atoms with van der Waals surface area (Å²) in [7, 11) is 0. The number of carbonyl (C=O) groups is 1. The molecule has 1 aliphatic heterocycles. The van der Waals surface area contributed by atoms with Crippen molar-refractivity contribution < 1.29 is 14.6 Å². The SMILES string of the molecule is O=C1/C(=C\c2ccccc2)Oc2cccc(O)c21. The molecule has 0 atom stereocenters. The third kappa shape index (κ3) is 1.66. The Morgan fingerprint density at radius 3 is 2.50 bits per heavy atom. The normalized spacial score (nSPS) is 15.6. The van der Waals surface area contributed by atoms with E-state index >= 15 is 0 Å². The van der Waals surface area contributed by atoms with Crippen molar-refractivity contribution in [2.45, 2.75) is 0 Å². The number of phenols is 1. The molecule has 0 fully saturated rings. The van der Waals surface area contributed by atoms with E-state index in [4.69, 9.17) is 4.74 Å². The molecule has 18 heavy (non-hydrogen) atoms. The monoisotopic (exact) mass is 238 g/mol. The molecule has 3 nitrogen and oxygen atoms in total. The van der Waals surface area contributed by atoms with E-state index in [0.717, 1.165) is 5.56 Å². The minimum atomic E-state index is -0.285. The van der Waals surface area contributed by atoms with Crippen molar-refractivity contribution in [1.29, 1.82) is 0 Å². The second kappa shape index (κ2) is 4.04. The number of phenolic OH excluding ortho intramolecular Hbond substituents is 1. The summed E-state index contributed by atoms with van der Waals surface area (Å²) in [6.07, 6.45) is 1.67. The average Bonchev–Trinajstić information content (AvgIpc) is 2.69. The first kappa shape index (κ1) is 10.6. The number of Topliss-reactive ketones (excluding diaryl/α,β-unsaturated/α-hetero) is 1. The summed E-state index contributed by atoms with van der Waals surface area (Å²) in [6.45, 7) is 0. The first-order valence-corrected chi connectivity index (χ1v) is 5.57. The Morgan fingerprint density at radius 1 is 1.00 bits per heavy atom. The van der Waals surface area contributed by atoms with E-state index in [1.54, 1.807) is 18.2 Å². The molecule has 3 rings (SSSR count). The number of rotatable bonds is 1. The quantitative estimate of drug-likeness (QED) is 0.777. The summed E-state index contributed by atoms with van der Waals surface area (Å²) in [5.74, 6) is 0.306. The smallest absolute Gasteiger partial charge is 0.235 e. The van der Waals surface area contributed by atoms with Gasteiger partial charge >= 0.3 is 0 Å². The van der Waals surface area contributed by atoms with Gasteiger partial charge in [-0.15, -0.1) is 0 Å². The van der Waals surface area contributed by atoms with Gasteiger partial charge in [0.25, 0.3) is 0 Å². The lowest BCUT2D eigenvalue weighted by Gasteiger charge is -1.97. The Bertz CT molecular complexity index is 642. The van der Waals surface area contributed by atoms with E-state index in [1.807, 2.05) is 30.3 Å². The van der Waals surface area contributed by atoms with Gasteiger partial charge < -0.3 is 9.84 Å². The fourth-order valence-electron chi connectivity index (χ4n) is 1.92. The highest BCUT2D eigenvalue weighted by Crippen LogP contribution is 2.37. The fraction of sp³-hybridized carbons (Fsp3) is 0. The molecule has 2 aromatic carbocycles. The Hall–Kier alpha value is -2.55.